The average molecular weight is 424 g/mol. The molecule has 0 bridgehead atoms. The molecule has 0 amide bonds. The zero-order valence-electron chi connectivity index (χ0n) is 18.3. The van der Waals surface area contributed by atoms with Crippen molar-refractivity contribution in [1.82, 2.24) is 20.9 Å². The van der Waals surface area contributed by atoms with E-state index in [-0.39, 0.29) is 0 Å². The summed E-state index contributed by atoms with van der Waals surface area (Å²) >= 11 is 0. The first kappa shape index (κ1) is 21.3. The molecule has 166 valence electrons. The summed E-state index contributed by atoms with van der Waals surface area (Å²) in [5.41, 5.74) is 8.42. The van der Waals surface area contributed by atoms with E-state index in [9.17, 15) is 0 Å². The topological polar surface area (TPSA) is 52.2 Å². The molecule has 1 fully saturated rings. The van der Waals surface area contributed by atoms with Crippen molar-refractivity contribution in [2.24, 2.45) is 0 Å². The summed E-state index contributed by atoms with van der Waals surface area (Å²) in [6.45, 7) is 6.95. The molecule has 2 heterocycles. The maximum Gasteiger partial charge on any atom is 0.142 e. The van der Waals surface area contributed by atoms with Crippen molar-refractivity contribution in [1.29, 1.82) is 0 Å². The number of nitrogens with one attached hydrogen (secondary N) is 2. The number of ether oxygens (including phenoxy) is 2. The lowest BCUT2D eigenvalue weighted by atomic mass is 10.2. The first-order valence-electron chi connectivity index (χ1n) is 11.1. The Bertz CT molecular complexity index is 851. The third-order valence-corrected chi connectivity index (χ3v) is 5.73. The van der Waals surface area contributed by atoms with Crippen LogP contribution in [-0.2, 0) is 6.54 Å². The van der Waals surface area contributed by atoms with E-state index in [1.165, 1.54) is 11.3 Å². The number of hydrogen-bond donors (Lipinski definition) is 2. The summed E-state index contributed by atoms with van der Waals surface area (Å²) in [4.78, 5) is 4.98. The van der Waals surface area contributed by atoms with Gasteiger partial charge in [-0.05, 0) is 49.2 Å². The fraction of sp³-hybridized carbons (Fsp3) is 0.417. The van der Waals surface area contributed by atoms with Gasteiger partial charge in [0.05, 0.1) is 25.9 Å². The van der Waals surface area contributed by atoms with Crippen LogP contribution in [0.3, 0.4) is 0 Å². The normalized spacial score (nSPS) is 16.4. The second-order valence-electron chi connectivity index (χ2n) is 7.90. The quantitative estimate of drug-likeness (QED) is 0.570. The van der Waals surface area contributed by atoms with Gasteiger partial charge in [-0.2, -0.15) is 0 Å². The highest BCUT2D eigenvalue weighted by Crippen LogP contribution is 2.28. The van der Waals surface area contributed by atoms with Crippen LogP contribution in [0.5, 0.6) is 11.5 Å². The lowest BCUT2D eigenvalue weighted by Crippen LogP contribution is -2.46. The summed E-state index contributed by atoms with van der Waals surface area (Å²) in [6, 6.07) is 16.6. The minimum atomic E-state index is 0.758. The Morgan fingerprint density at radius 3 is 2.65 bits per heavy atom. The second-order valence-corrected chi connectivity index (χ2v) is 7.90. The van der Waals surface area contributed by atoms with Gasteiger partial charge in [0.25, 0.3) is 0 Å². The van der Waals surface area contributed by atoms with Crippen LogP contribution >= 0.6 is 0 Å². The van der Waals surface area contributed by atoms with Crippen molar-refractivity contribution in [3.63, 3.8) is 0 Å². The van der Waals surface area contributed by atoms with Crippen molar-refractivity contribution in [2.45, 2.75) is 19.4 Å². The van der Waals surface area contributed by atoms with Crippen LogP contribution in [-0.4, -0.2) is 56.3 Å². The third kappa shape index (κ3) is 6.06. The third-order valence-electron chi connectivity index (χ3n) is 5.73. The zero-order valence-corrected chi connectivity index (χ0v) is 18.3. The van der Waals surface area contributed by atoms with Crippen molar-refractivity contribution in [3.8, 4) is 11.5 Å². The van der Waals surface area contributed by atoms with Crippen LogP contribution in [0.25, 0.3) is 0 Å². The molecule has 2 aliphatic rings. The number of unbranched alkanes of at least 4 members (excludes halogenated alkanes) is 1. The van der Waals surface area contributed by atoms with E-state index >= 15 is 0 Å². The van der Waals surface area contributed by atoms with Crippen LogP contribution in [0.4, 0.5) is 5.69 Å². The SMILES string of the molecule is COc1ccccc1N1CCN(CCCCOc2cccc(CN3C=CNN3)c2)CC1. The minimum absolute atomic E-state index is 0.758. The standard InChI is InChI=1S/C24H33N5O2/c1-30-24-10-3-2-9-23(24)28-16-14-27(15-17-28)12-4-5-18-31-22-8-6-7-21(19-22)20-29-13-11-25-26-29/h2-3,6-11,13,19,25-26H,4-5,12,14-18,20H2,1H3. The molecule has 0 spiro atoms. The Hall–Kier alpha value is -2.90. The van der Waals surface area contributed by atoms with Gasteiger partial charge in [0.15, 0.2) is 0 Å². The van der Waals surface area contributed by atoms with Crippen molar-refractivity contribution >= 4 is 5.69 Å². The molecule has 0 aliphatic carbocycles. The lowest BCUT2D eigenvalue weighted by molar-refractivity contribution is 0.237. The number of para-hydroxylation sites is 2. The predicted molar refractivity (Wildman–Crippen MR) is 124 cm³/mol. The van der Waals surface area contributed by atoms with Gasteiger partial charge in [-0.25, -0.2) is 0 Å². The van der Waals surface area contributed by atoms with E-state index in [4.69, 9.17) is 9.47 Å². The number of piperazine rings is 1. The van der Waals surface area contributed by atoms with Gasteiger partial charge in [0.2, 0.25) is 0 Å². The van der Waals surface area contributed by atoms with E-state index < -0.39 is 0 Å². The molecule has 7 heteroatoms. The van der Waals surface area contributed by atoms with Crippen molar-refractivity contribution in [2.75, 3.05) is 51.3 Å². The van der Waals surface area contributed by atoms with Gasteiger partial charge in [-0.3, -0.25) is 9.91 Å². The van der Waals surface area contributed by atoms with Gasteiger partial charge in [-0.1, -0.05) is 24.3 Å². The zero-order chi connectivity index (χ0) is 21.3. The number of hydrogen-bond acceptors (Lipinski definition) is 7. The molecular formula is C24H33N5O2. The van der Waals surface area contributed by atoms with E-state index in [0.29, 0.717) is 0 Å². The molecule has 0 unspecified atom stereocenters. The molecule has 0 atom stereocenters. The molecule has 0 radical (unpaired) electrons. The Kier molecular flexibility index (Phi) is 7.52. The Morgan fingerprint density at radius 1 is 0.968 bits per heavy atom. The number of nitrogens with zero attached hydrogens (tertiary/aromatic N) is 3. The van der Waals surface area contributed by atoms with Crippen molar-refractivity contribution < 1.29 is 9.47 Å². The molecule has 2 N–H and O–H groups in total. The van der Waals surface area contributed by atoms with Crippen LogP contribution in [0.15, 0.2) is 60.9 Å². The fourth-order valence-electron chi connectivity index (χ4n) is 4.04. The van der Waals surface area contributed by atoms with E-state index in [0.717, 1.165) is 70.2 Å². The minimum Gasteiger partial charge on any atom is -0.495 e. The molecule has 2 aromatic rings. The summed E-state index contributed by atoms with van der Waals surface area (Å²) < 4.78 is 11.5. The Balaban J connectivity index is 1.13. The van der Waals surface area contributed by atoms with Gasteiger partial charge >= 0.3 is 0 Å². The first-order valence-corrected chi connectivity index (χ1v) is 11.1. The van der Waals surface area contributed by atoms with Crippen LogP contribution in [0.1, 0.15) is 18.4 Å². The molecular weight excluding hydrogens is 390 g/mol. The number of methoxy groups -OCH3 is 1. The monoisotopic (exact) mass is 423 g/mol. The van der Waals surface area contributed by atoms with E-state index in [2.05, 4.69) is 51.1 Å². The maximum atomic E-state index is 5.99. The number of benzene rings is 2. The highest BCUT2D eigenvalue weighted by molar-refractivity contribution is 5.58. The molecule has 0 aromatic heterocycles. The maximum absolute atomic E-state index is 5.99. The summed E-state index contributed by atoms with van der Waals surface area (Å²) in [5, 5.41) is 1.99. The first-order chi connectivity index (χ1) is 15.3. The number of rotatable bonds is 10. The number of hydrazine groups is 2. The summed E-state index contributed by atoms with van der Waals surface area (Å²) in [7, 11) is 1.74. The highest BCUT2D eigenvalue weighted by atomic mass is 16.5. The van der Waals surface area contributed by atoms with E-state index in [1.807, 2.05) is 35.6 Å². The van der Waals surface area contributed by atoms with Crippen LogP contribution in [0, 0.1) is 0 Å². The lowest BCUT2D eigenvalue weighted by Gasteiger charge is -2.36. The van der Waals surface area contributed by atoms with Gasteiger partial charge in [0, 0.05) is 38.6 Å². The molecule has 0 saturated carbocycles. The summed E-state index contributed by atoms with van der Waals surface area (Å²) in [6.07, 6.45) is 6.07. The predicted octanol–water partition coefficient (Wildman–Crippen LogP) is 2.97. The van der Waals surface area contributed by atoms with Gasteiger partial charge < -0.3 is 19.8 Å². The van der Waals surface area contributed by atoms with Crippen LogP contribution in [0.2, 0.25) is 0 Å². The molecule has 31 heavy (non-hydrogen) atoms. The smallest absolute Gasteiger partial charge is 0.142 e. The number of anilines is 1. The molecule has 2 aliphatic heterocycles. The molecule has 4 rings (SSSR count). The molecule has 1 saturated heterocycles. The second kappa shape index (κ2) is 10.9. The Labute approximate surface area is 185 Å². The van der Waals surface area contributed by atoms with E-state index in [1.54, 1.807) is 7.11 Å². The largest absolute Gasteiger partial charge is 0.495 e. The highest BCUT2D eigenvalue weighted by Gasteiger charge is 2.19. The molecule has 7 nitrogen and oxygen atoms in total. The van der Waals surface area contributed by atoms with Crippen LogP contribution < -0.4 is 25.3 Å². The fourth-order valence-corrected chi connectivity index (χ4v) is 4.04. The van der Waals surface area contributed by atoms with Gasteiger partial charge in [0.1, 0.15) is 11.5 Å². The van der Waals surface area contributed by atoms with Gasteiger partial charge in [-0.15, -0.1) is 5.53 Å². The Morgan fingerprint density at radius 2 is 1.84 bits per heavy atom. The van der Waals surface area contributed by atoms with Crippen molar-refractivity contribution in [3.05, 3.63) is 66.5 Å². The average Bonchev–Trinajstić information content (AvgIpc) is 3.32. The molecule has 2 aromatic carbocycles. The summed E-state index contributed by atoms with van der Waals surface area (Å²) in [5.74, 6) is 1.90.